The van der Waals surface area contributed by atoms with Gasteiger partial charge >= 0.3 is 0 Å². The topological polar surface area (TPSA) is 9.23 Å². The number of ether oxygens (including phenoxy) is 1. The minimum atomic E-state index is 0.828. The van der Waals surface area contributed by atoms with Gasteiger partial charge in [-0.25, -0.2) is 0 Å². The van der Waals surface area contributed by atoms with Crippen LogP contribution in [0.3, 0.4) is 0 Å². The molecule has 0 atom stereocenters. The molecule has 0 heterocycles. The Kier molecular flexibility index (Phi) is 10.7. The van der Waals surface area contributed by atoms with Gasteiger partial charge in [-0.2, -0.15) is 0 Å². The zero-order chi connectivity index (χ0) is 9.78. The molecule has 0 fully saturated rings. The van der Waals surface area contributed by atoms with Gasteiger partial charge in [0.15, 0.2) is 0 Å². The van der Waals surface area contributed by atoms with E-state index in [1.165, 1.54) is 31.9 Å². The fourth-order valence-corrected chi connectivity index (χ4v) is 1.17. The van der Waals surface area contributed by atoms with Gasteiger partial charge in [0.2, 0.25) is 0 Å². The third-order valence-electron chi connectivity index (χ3n) is 1.90. The Balaban J connectivity index is 2.91. The van der Waals surface area contributed by atoms with Crippen LogP contribution in [0.4, 0.5) is 0 Å². The first-order chi connectivity index (χ1) is 6.41. The zero-order valence-corrected chi connectivity index (χ0v) is 8.80. The predicted molar refractivity (Wildman–Crippen MR) is 58.7 cm³/mol. The summed E-state index contributed by atoms with van der Waals surface area (Å²) < 4.78 is 5.03. The SMILES string of the molecule is C=COCCCCCC/C=C/CC. The minimum Gasteiger partial charge on any atom is -0.502 e. The van der Waals surface area contributed by atoms with Gasteiger partial charge in [0.25, 0.3) is 0 Å². The molecule has 0 spiro atoms. The first-order valence-electron chi connectivity index (χ1n) is 5.29. The van der Waals surface area contributed by atoms with Crippen molar-refractivity contribution in [3.05, 3.63) is 25.0 Å². The van der Waals surface area contributed by atoms with Crippen molar-refractivity contribution in [3.8, 4) is 0 Å². The Morgan fingerprint density at radius 3 is 2.54 bits per heavy atom. The largest absolute Gasteiger partial charge is 0.502 e. The van der Waals surface area contributed by atoms with Crippen LogP contribution < -0.4 is 0 Å². The molecule has 0 aromatic rings. The molecule has 0 amide bonds. The summed E-state index contributed by atoms with van der Waals surface area (Å²) in [7, 11) is 0. The van der Waals surface area contributed by atoms with E-state index in [0.717, 1.165) is 19.4 Å². The molecule has 13 heavy (non-hydrogen) atoms. The Morgan fingerprint density at radius 1 is 1.08 bits per heavy atom. The van der Waals surface area contributed by atoms with E-state index in [-0.39, 0.29) is 0 Å². The molecule has 0 aliphatic heterocycles. The van der Waals surface area contributed by atoms with E-state index in [4.69, 9.17) is 4.74 Å². The molecule has 0 aromatic carbocycles. The van der Waals surface area contributed by atoms with Crippen LogP contribution in [0.25, 0.3) is 0 Å². The first kappa shape index (κ1) is 12.3. The van der Waals surface area contributed by atoms with E-state index in [1.807, 2.05) is 0 Å². The fraction of sp³-hybridized carbons (Fsp3) is 0.667. The number of rotatable bonds is 9. The molecule has 0 aliphatic carbocycles. The molecular weight excluding hydrogens is 160 g/mol. The summed E-state index contributed by atoms with van der Waals surface area (Å²) in [6, 6.07) is 0. The lowest BCUT2D eigenvalue weighted by Crippen LogP contribution is -1.86. The minimum absolute atomic E-state index is 0.828. The number of unbranched alkanes of at least 4 members (excludes halogenated alkanes) is 4. The number of hydrogen-bond donors (Lipinski definition) is 0. The van der Waals surface area contributed by atoms with Gasteiger partial charge < -0.3 is 4.74 Å². The maximum absolute atomic E-state index is 5.03. The smallest absolute Gasteiger partial charge is 0.0873 e. The number of hydrogen-bond acceptors (Lipinski definition) is 1. The van der Waals surface area contributed by atoms with Gasteiger partial charge in [-0.15, -0.1) is 0 Å². The normalized spacial score (nSPS) is 10.5. The fourth-order valence-electron chi connectivity index (χ4n) is 1.17. The van der Waals surface area contributed by atoms with Crippen molar-refractivity contribution >= 4 is 0 Å². The molecule has 0 saturated heterocycles. The van der Waals surface area contributed by atoms with Gasteiger partial charge in [0.05, 0.1) is 12.9 Å². The number of allylic oxidation sites excluding steroid dienone is 2. The maximum atomic E-state index is 5.03. The van der Waals surface area contributed by atoms with Crippen molar-refractivity contribution < 1.29 is 4.74 Å². The third-order valence-corrected chi connectivity index (χ3v) is 1.90. The first-order valence-corrected chi connectivity index (χ1v) is 5.29. The van der Waals surface area contributed by atoms with Gasteiger partial charge in [-0.3, -0.25) is 0 Å². The molecular formula is C12H22O. The lowest BCUT2D eigenvalue weighted by atomic mass is 10.1. The summed E-state index contributed by atoms with van der Waals surface area (Å²) in [4.78, 5) is 0. The molecule has 76 valence electrons. The highest BCUT2D eigenvalue weighted by Crippen LogP contribution is 2.04. The summed E-state index contributed by atoms with van der Waals surface area (Å²) in [5.74, 6) is 0. The lowest BCUT2D eigenvalue weighted by molar-refractivity contribution is 0.242. The molecule has 0 rings (SSSR count). The van der Waals surface area contributed by atoms with Crippen LogP contribution in [-0.2, 0) is 4.74 Å². The summed E-state index contributed by atoms with van der Waals surface area (Å²) in [6.45, 7) is 6.49. The van der Waals surface area contributed by atoms with E-state index >= 15 is 0 Å². The third kappa shape index (κ3) is 11.3. The van der Waals surface area contributed by atoms with Crippen LogP contribution in [0.2, 0.25) is 0 Å². The van der Waals surface area contributed by atoms with Crippen LogP contribution in [0, 0.1) is 0 Å². The second-order valence-electron chi connectivity index (χ2n) is 3.12. The molecule has 1 nitrogen and oxygen atoms in total. The summed E-state index contributed by atoms with van der Waals surface area (Å²) in [5, 5.41) is 0. The summed E-state index contributed by atoms with van der Waals surface area (Å²) in [5.41, 5.74) is 0. The highest BCUT2D eigenvalue weighted by Gasteiger charge is 1.88. The zero-order valence-electron chi connectivity index (χ0n) is 8.80. The molecule has 0 saturated carbocycles. The summed E-state index contributed by atoms with van der Waals surface area (Å²) >= 11 is 0. The average Bonchev–Trinajstić information content (AvgIpc) is 2.16. The van der Waals surface area contributed by atoms with Crippen molar-refractivity contribution in [3.63, 3.8) is 0 Å². The molecule has 0 bridgehead atoms. The predicted octanol–water partition coefficient (Wildman–Crippen LogP) is 4.06. The Hall–Kier alpha value is -0.720. The van der Waals surface area contributed by atoms with Crippen LogP contribution in [-0.4, -0.2) is 6.61 Å². The van der Waals surface area contributed by atoms with Crippen LogP contribution in [0.1, 0.15) is 45.4 Å². The Labute approximate surface area is 82.5 Å². The Morgan fingerprint density at radius 2 is 1.85 bits per heavy atom. The van der Waals surface area contributed by atoms with E-state index < -0.39 is 0 Å². The van der Waals surface area contributed by atoms with Crippen LogP contribution in [0.5, 0.6) is 0 Å². The second kappa shape index (κ2) is 11.3. The van der Waals surface area contributed by atoms with Crippen LogP contribution >= 0.6 is 0 Å². The molecule has 0 N–H and O–H groups in total. The van der Waals surface area contributed by atoms with Gasteiger partial charge in [-0.05, 0) is 25.7 Å². The van der Waals surface area contributed by atoms with E-state index in [2.05, 4.69) is 25.7 Å². The van der Waals surface area contributed by atoms with Gasteiger partial charge in [0.1, 0.15) is 0 Å². The van der Waals surface area contributed by atoms with Crippen molar-refractivity contribution in [2.75, 3.05) is 6.61 Å². The van der Waals surface area contributed by atoms with Gasteiger partial charge in [0, 0.05) is 0 Å². The highest BCUT2D eigenvalue weighted by atomic mass is 16.5. The van der Waals surface area contributed by atoms with Gasteiger partial charge in [-0.1, -0.05) is 38.5 Å². The average molecular weight is 182 g/mol. The monoisotopic (exact) mass is 182 g/mol. The lowest BCUT2D eigenvalue weighted by Gasteiger charge is -1.99. The van der Waals surface area contributed by atoms with Crippen molar-refractivity contribution in [1.82, 2.24) is 0 Å². The molecule has 0 aliphatic rings. The maximum Gasteiger partial charge on any atom is 0.0873 e. The molecule has 0 aromatic heterocycles. The Bertz CT molecular complexity index is 127. The van der Waals surface area contributed by atoms with Crippen LogP contribution in [0.15, 0.2) is 25.0 Å². The highest BCUT2D eigenvalue weighted by molar-refractivity contribution is 4.79. The van der Waals surface area contributed by atoms with E-state index in [9.17, 15) is 0 Å². The second-order valence-corrected chi connectivity index (χ2v) is 3.12. The summed E-state index contributed by atoms with van der Waals surface area (Å²) in [6.07, 6.45) is 13.5. The standard InChI is InChI=1S/C12H22O/c1-3-5-6-7-8-9-10-11-12-13-4-2/h4-6H,2-3,7-12H2,1H3/b6-5+. The molecule has 1 heteroatoms. The van der Waals surface area contributed by atoms with Crippen molar-refractivity contribution in [1.29, 1.82) is 0 Å². The van der Waals surface area contributed by atoms with E-state index in [1.54, 1.807) is 0 Å². The van der Waals surface area contributed by atoms with Crippen molar-refractivity contribution in [2.45, 2.75) is 45.4 Å². The van der Waals surface area contributed by atoms with Crippen molar-refractivity contribution in [2.24, 2.45) is 0 Å². The van der Waals surface area contributed by atoms with E-state index in [0.29, 0.717) is 0 Å². The molecule has 0 radical (unpaired) electrons. The quantitative estimate of drug-likeness (QED) is 0.297. The molecule has 0 unspecified atom stereocenters.